The SMILES string of the molecule is CN1CCC(C(=O)NC2CCCCC2C(=O)N2CCCC2)N1. The third-order valence-electron chi connectivity index (χ3n) is 5.27. The summed E-state index contributed by atoms with van der Waals surface area (Å²) in [6.45, 7) is 2.68. The van der Waals surface area contributed by atoms with Crippen LogP contribution in [0.2, 0.25) is 0 Å². The Labute approximate surface area is 132 Å². The Bertz CT molecular complexity index is 422. The summed E-state index contributed by atoms with van der Waals surface area (Å²) >= 11 is 0. The van der Waals surface area contributed by atoms with Gasteiger partial charge in [-0.1, -0.05) is 12.8 Å². The summed E-state index contributed by atoms with van der Waals surface area (Å²) in [6, 6.07) is -0.128. The minimum atomic E-state index is -0.144. The molecule has 6 heteroatoms. The van der Waals surface area contributed by atoms with Crippen molar-refractivity contribution in [1.29, 1.82) is 0 Å². The van der Waals surface area contributed by atoms with Gasteiger partial charge in [-0.25, -0.2) is 10.4 Å². The van der Waals surface area contributed by atoms with Crippen LogP contribution in [0.1, 0.15) is 44.9 Å². The second-order valence-corrected chi connectivity index (χ2v) is 6.93. The molecule has 3 aliphatic rings. The van der Waals surface area contributed by atoms with Crippen molar-refractivity contribution >= 4 is 11.8 Å². The number of nitrogens with zero attached hydrogens (tertiary/aromatic N) is 2. The second-order valence-electron chi connectivity index (χ2n) is 6.93. The molecule has 0 bridgehead atoms. The first-order chi connectivity index (χ1) is 10.6. The molecule has 124 valence electrons. The molecule has 2 heterocycles. The smallest absolute Gasteiger partial charge is 0.238 e. The predicted molar refractivity (Wildman–Crippen MR) is 83.9 cm³/mol. The first-order valence-corrected chi connectivity index (χ1v) is 8.71. The van der Waals surface area contributed by atoms with Gasteiger partial charge in [-0.15, -0.1) is 0 Å². The summed E-state index contributed by atoms with van der Waals surface area (Å²) in [7, 11) is 1.95. The Morgan fingerprint density at radius 1 is 1.00 bits per heavy atom. The number of carbonyl (C=O) groups excluding carboxylic acids is 2. The average Bonchev–Trinajstić information content (AvgIpc) is 3.18. The first-order valence-electron chi connectivity index (χ1n) is 8.71. The Morgan fingerprint density at radius 3 is 2.41 bits per heavy atom. The molecule has 0 aromatic carbocycles. The van der Waals surface area contributed by atoms with Gasteiger partial charge in [-0.05, 0) is 32.1 Å². The lowest BCUT2D eigenvalue weighted by molar-refractivity contribution is -0.137. The predicted octanol–water partition coefficient (Wildman–Crippen LogP) is 0.493. The van der Waals surface area contributed by atoms with Crippen LogP contribution >= 0.6 is 0 Å². The maximum absolute atomic E-state index is 12.7. The van der Waals surface area contributed by atoms with Crippen LogP contribution in [0, 0.1) is 5.92 Å². The third kappa shape index (κ3) is 3.43. The molecule has 0 aromatic rings. The van der Waals surface area contributed by atoms with E-state index in [1.54, 1.807) is 0 Å². The highest BCUT2D eigenvalue weighted by Gasteiger charge is 2.37. The molecule has 1 saturated carbocycles. The number of nitrogens with one attached hydrogen (secondary N) is 2. The number of hydrogen-bond donors (Lipinski definition) is 2. The quantitative estimate of drug-likeness (QED) is 0.796. The summed E-state index contributed by atoms with van der Waals surface area (Å²) in [5.74, 6) is 0.296. The Kier molecular flexibility index (Phi) is 4.98. The van der Waals surface area contributed by atoms with E-state index in [1.165, 1.54) is 0 Å². The molecule has 6 nitrogen and oxygen atoms in total. The van der Waals surface area contributed by atoms with Crippen LogP contribution < -0.4 is 10.7 Å². The van der Waals surface area contributed by atoms with Crippen LogP contribution in [0.3, 0.4) is 0 Å². The number of carbonyl (C=O) groups is 2. The van der Waals surface area contributed by atoms with E-state index in [0.29, 0.717) is 0 Å². The molecule has 0 radical (unpaired) electrons. The van der Waals surface area contributed by atoms with E-state index in [9.17, 15) is 9.59 Å². The monoisotopic (exact) mass is 308 g/mol. The van der Waals surface area contributed by atoms with Crippen molar-refractivity contribution < 1.29 is 9.59 Å². The summed E-state index contributed by atoms with van der Waals surface area (Å²) in [6.07, 6.45) is 7.12. The van der Waals surface area contributed by atoms with E-state index in [-0.39, 0.29) is 29.8 Å². The van der Waals surface area contributed by atoms with Crippen molar-refractivity contribution in [2.24, 2.45) is 5.92 Å². The maximum Gasteiger partial charge on any atom is 0.238 e. The fourth-order valence-corrected chi connectivity index (χ4v) is 3.96. The molecule has 22 heavy (non-hydrogen) atoms. The molecule has 3 fully saturated rings. The van der Waals surface area contributed by atoms with Gasteiger partial charge in [-0.3, -0.25) is 9.59 Å². The van der Waals surface area contributed by atoms with Crippen LogP contribution in [0.5, 0.6) is 0 Å². The van der Waals surface area contributed by atoms with E-state index < -0.39 is 0 Å². The van der Waals surface area contributed by atoms with Gasteiger partial charge in [-0.2, -0.15) is 0 Å². The zero-order chi connectivity index (χ0) is 15.5. The number of amides is 2. The molecule has 2 saturated heterocycles. The zero-order valence-electron chi connectivity index (χ0n) is 13.5. The Balaban J connectivity index is 1.59. The second kappa shape index (κ2) is 6.96. The van der Waals surface area contributed by atoms with E-state index in [4.69, 9.17) is 0 Å². The van der Waals surface area contributed by atoms with Crippen LogP contribution in [0.25, 0.3) is 0 Å². The molecule has 2 amide bonds. The van der Waals surface area contributed by atoms with Crippen molar-refractivity contribution in [2.75, 3.05) is 26.7 Å². The first kappa shape index (κ1) is 15.7. The molecule has 2 aliphatic heterocycles. The number of hydrogen-bond acceptors (Lipinski definition) is 4. The molecule has 1 aliphatic carbocycles. The van der Waals surface area contributed by atoms with Gasteiger partial charge in [0.15, 0.2) is 0 Å². The number of hydrazine groups is 1. The van der Waals surface area contributed by atoms with Crippen LogP contribution in [0.15, 0.2) is 0 Å². The van der Waals surface area contributed by atoms with Gasteiger partial charge < -0.3 is 10.2 Å². The minimum Gasteiger partial charge on any atom is -0.351 e. The summed E-state index contributed by atoms with van der Waals surface area (Å²) in [4.78, 5) is 27.1. The van der Waals surface area contributed by atoms with Crippen molar-refractivity contribution in [1.82, 2.24) is 20.7 Å². The van der Waals surface area contributed by atoms with Crippen LogP contribution in [-0.4, -0.2) is 60.5 Å². The van der Waals surface area contributed by atoms with Gasteiger partial charge in [0, 0.05) is 32.7 Å². The number of likely N-dealkylation sites (tertiary alicyclic amines) is 1. The maximum atomic E-state index is 12.7. The van der Waals surface area contributed by atoms with Gasteiger partial charge >= 0.3 is 0 Å². The van der Waals surface area contributed by atoms with Gasteiger partial charge in [0.05, 0.1) is 5.92 Å². The van der Waals surface area contributed by atoms with E-state index in [0.717, 1.165) is 64.6 Å². The van der Waals surface area contributed by atoms with Crippen molar-refractivity contribution in [3.8, 4) is 0 Å². The molecular weight excluding hydrogens is 280 g/mol. The average molecular weight is 308 g/mol. The van der Waals surface area contributed by atoms with Crippen LogP contribution in [-0.2, 0) is 9.59 Å². The van der Waals surface area contributed by atoms with Gasteiger partial charge in [0.1, 0.15) is 6.04 Å². The molecule has 0 spiro atoms. The summed E-state index contributed by atoms with van der Waals surface area (Å²) in [5.41, 5.74) is 3.17. The van der Waals surface area contributed by atoms with Gasteiger partial charge in [0.2, 0.25) is 11.8 Å². The van der Waals surface area contributed by atoms with Crippen molar-refractivity contribution in [3.05, 3.63) is 0 Å². The standard InChI is InChI=1S/C16H28N4O2/c1-19-11-8-14(18-19)15(21)17-13-7-3-2-6-12(13)16(22)20-9-4-5-10-20/h12-14,18H,2-11H2,1H3,(H,17,21). The zero-order valence-corrected chi connectivity index (χ0v) is 13.5. The van der Waals surface area contributed by atoms with Crippen molar-refractivity contribution in [3.63, 3.8) is 0 Å². The largest absolute Gasteiger partial charge is 0.351 e. The molecule has 2 N–H and O–H groups in total. The Hall–Kier alpha value is -1.14. The highest BCUT2D eigenvalue weighted by Crippen LogP contribution is 2.27. The fraction of sp³-hybridized carbons (Fsp3) is 0.875. The molecular formula is C16H28N4O2. The van der Waals surface area contributed by atoms with Crippen molar-refractivity contribution in [2.45, 2.75) is 57.0 Å². The lowest BCUT2D eigenvalue weighted by Gasteiger charge is -2.34. The highest BCUT2D eigenvalue weighted by atomic mass is 16.2. The van der Waals surface area contributed by atoms with E-state index in [2.05, 4.69) is 10.7 Å². The lowest BCUT2D eigenvalue weighted by atomic mass is 9.83. The molecule has 0 aromatic heterocycles. The van der Waals surface area contributed by atoms with E-state index >= 15 is 0 Å². The summed E-state index contributed by atoms with van der Waals surface area (Å²) in [5, 5.41) is 5.12. The van der Waals surface area contributed by atoms with Gasteiger partial charge in [0.25, 0.3) is 0 Å². The summed E-state index contributed by atoms with van der Waals surface area (Å²) < 4.78 is 0. The third-order valence-corrected chi connectivity index (χ3v) is 5.27. The Morgan fingerprint density at radius 2 is 1.73 bits per heavy atom. The molecule has 3 unspecified atom stereocenters. The number of rotatable bonds is 3. The normalized spacial score (nSPS) is 33.1. The molecule has 3 rings (SSSR count). The lowest BCUT2D eigenvalue weighted by Crippen LogP contribution is -2.53. The molecule has 3 atom stereocenters. The topological polar surface area (TPSA) is 64.7 Å². The van der Waals surface area contributed by atoms with E-state index in [1.807, 2.05) is 17.0 Å². The minimum absolute atomic E-state index is 0.0158. The fourth-order valence-electron chi connectivity index (χ4n) is 3.96. The van der Waals surface area contributed by atoms with Crippen LogP contribution in [0.4, 0.5) is 0 Å². The highest BCUT2D eigenvalue weighted by molar-refractivity contribution is 5.84.